The van der Waals surface area contributed by atoms with E-state index in [1.54, 1.807) is 4.90 Å². The lowest BCUT2D eigenvalue weighted by Crippen LogP contribution is -2.67. The van der Waals surface area contributed by atoms with Crippen molar-refractivity contribution in [3.05, 3.63) is 47.9 Å². The van der Waals surface area contributed by atoms with E-state index in [0.29, 0.717) is 32.0 Å². The molecule has 1 spiro atoms. The summed E-state index contributed by atoms with van der Waals surface area (Å²) in [5, 5.41) is 0. The molecule has 2 aliphatic heterocycles. The highest BCUT2D eigenvalue weighted by Gasteiger charge is 2.50. The molecule has 2 aromatic rings. The Labute approximate surface area is 146 Å². The van der Waals surface area contributed by atoms with Crippen LogP contribution in [0.2, 0.25) is 0 Å². The van der Waals surface area contributed by atoms with Crippen molar-refractivity contribution >= 4 is 5.91 Å². The molecule has 4 rings (SSSR count). The smallest absolute Gasteiger partial charge is 0.276 e. The number of carbonyl (C=O) groups is 1. The number of rotatable bonds is 4. The fourth-order valence-electron chi connectivity index (χ4n) is 3.50. The van der Waals surface area contributed by atoms with Crippen LogP contribution < -0.4 is 0 Å². The Hall–Kier alpha value is -2.25. The maximum atomic E-state index is 12.2. The first-order valence-electron chi connectivity index (χ1n) is 8.49. The molecule has 0 N–H and O–H groups in total. The van der Waals surface area contributed by atoms with E-state index in [2.05, 4.69) is 9.97 Å². The molecular formula is C18H21N3O4. The summed E-state index contributed by atoms with van der Waals surface area (Å²) in [5.74, 6) is -0.116. The van der Waals surface area contributed by atoms with Crippen molar-refractivity contribution in [2.24, 2.45) is 0 Å². The summed E-state index contributed by atoms with van der Waals surface area (Å²) in [5.41, 5.74) is 1.98. The molecule has 25 heavy (non-hydrogen) atoms. The summed E-state index contributed by atoms with van der Waals surface area (Å²) in [6, 6.07) is 5.94. The van der Waals surface area contributed by atoms with Gasteiger partial charge in [-0.1, -0.05) is 6.07 Å². The molecule has 0 saturated carbocycles. The van der Waals surface area contributed by atoms with Crippen LogP contribution in [-0.4, -0.2) is 52.2 Å². The van der Waals surface area contributed by atoms with Gasteiger partial charge in [0.2, 0.25) is 0 Å². The van der Waals surface area contributed by atoms with Crippen molar-refractivity contribution in [3.8, 4) is 0 Å². The molecule has 7 nitrogen and oxygen atoms in total. The number of amides is 1. The molecule has 2 saturated heterocycles. The maximum absolute atomic E-state index is 12.2. The predicted octanol–water partition coefficient (Wildman–Crippen LogP) is 1.97. The van der Waals surface area contributed by atoms with Gasteiger partial charge in [-0.25, -0.2) is 4.98 Å². The van der Waals surface area contributed by atoms with E-state index in [1.165, 1.54) is 12.7 Å². The fraction of sp³-hybridized carbons (Fsp3) is 0.500. The molecule has 2 fully saturated rings. The third kappa shape index (κ3) is 3.43. The largest absolute Gasteiger partial charge is 0.451 e. The number of ether oxygens (including phenoxy) is 2. The minimum atomic E-state index is -0.289. The number of hydrogen-bond acceptors (Lipinski definition) is 6. The summed E-state index contributed by atoms with van der Waals surface area (Å²) in [4.78, 5) is 22.4. The molecule has 7 heteroatoms. The zero-order valence-corrected chi connectivity index (χ0v) is 14.2. The molecule has 0 aromatic carbocycles. The first-order chi connectivity index (χ1) is 12.1. The highest BCUT2D eigenvalue weighted by molar-refractivity contribution is 5.92. The molecule has 4 heterocycles. The van der Waals surface area contributed by atoms with Crippen molar-refractivity contribution in [1.82, 2.24) is 14.9 Å². The number of carbonyl (C=O) groups excluding carboxylic acids is 1. The second-order valence-electron chi connectivity index (χ2n) is 6.76. The van der Waals surface area contributed by atoms with Gasteiger partial charge in [0.1, 0.15) is 11.9 Å². The van der Waals surface area contributed by atoms with E-state index < -0.39 is 0 Å². The van der Waals surface area contributed by atoms with E-state index in [4.69, 9.17) is 13.9 Å². The van der Waals surface area contributed by atoms with Crippen LogP contribution in [0.5, 0.6) is 0 Å². The summed E-state index contributed by atoms with van der Waals surface area (Å²) < 4.78 is 16.9. The van der Waals surface area contributed by atoms with Crippen LogP contribution >= 0.6 is 0 Å². The van der Waals surface area contributed by atoms with E-state index in [9.17, 15) is 4.79 Å². The Morgan fingerprint density at radius 2 is 2.32 bits per heavy atom. The Kier molecular flexibility index (Phi) is 4.27. The van der Waals surface area contributed by atoms with E-state index in [1.807, 2.05) is 25.1 Å². The van der Waals surface area contributed by atoms with Gasteiger partial charge in [0.15, 0.2) is 12.1 Å². The molecule has 2 aliphatic rings. The van der Waals surface area contributed by atoms with Gasteiger partial charge in [-0.2, -0.15) is 0 Å². The number of aryl methyl sites for hydroxylation is 1. The normalized spacial score (nSPS) is 22.0. The number of nitrogens with zero attached hydrogens (tertiary/aromatic N) is 3. The lowest BCUT2D eigenvalue weighted by Gasteiger charge is -2.52. The van der Waals surface area contributed by atoms with Crippen LogP contribution in [0.3, 0.4) is 0 Å². The minimum Gasteiger partial charge on any atom is -0.451 e. The van der Waals surface area contributed by atoms with Gasteiger partial charge in [-0.15, -0.1) is 0 Å². The van der Waals surface area contributed by atoms with Gasteiger partial charge in [0, 0.05) is 18.7 Å². The van der Waals surface area contributed by atoms with Crippen molar-refractivity contribution in [3.63, 3.8) is 0 Å². The third-order valence-electron chi connectivity index (χ3n) is 4.76. The summed E-state index contributed by atoms with van der Waals surface area (Å²) in [6.45, 7) is 4.27. The van der Waals surface area contributed by atoms with E-state index in [-0.39, 0.29) is 17.6 Å². The fourth-order valence-corrected chi connectivity index (χ4v) is 3.50. The molecule has 1 amide bonds. The Morgan fingerprint density at radius 1 is 1.44 bits per heavy atom. The number of hydrogen-bond donors (Lipinski definition) is 0. The first kappa shape index (κ1) is 16.2. The Bertz CT molecular complexity index is 741. The number of aromatic nitrogens is 2. The van der Waals surface area contributed by atoms with Crippen molar-refractivity contribution in [1.29, 1.82) is 0 Å². The highest BCUT2D eigenvalue weighted by atomic mass is 16.5. The number of likely N-dealkylation sites (tertiary alicyclic amines) is 1. The Balaban J connectivity index is 1.31. The van der Waals surface area contributed by atoms with Crippen molar-refractivity contribution in [2.45, 2.75) is 38.1 Å². The molecule has 0 radical (unpaired) electrons. The van der Waals surface area contributed by atoms with Gasteiger partial charge in [-0.05, 0) is 25.5 Å². The molecular weight excluding hydrogens is 322 g/mol. The van der Waals surface area contributed by atoms with Gasteiger partial charge in [0.05, 0.1) is 31.5 Å². The molecule has 2 aromatic heterocycles. The topological polar surface area (TPSA) is 77.7 Å². The standard InChI is InChI=1S/C18H21N3O4/c1-13-3-2-4-14(20-13)8-24-15-5-6-25-18(7-15)10-21(11-18)17(22)16-9-23-12-19-16/h2-4,9,12,15H,5-8,10-11H2,1H3/t15-/m1/s1. The maximum Gasteiger partial charge on any atom is 0.276 e. The molecule has 1 atom stereocenters. The molecule has 132 valence electrons. The van der Waals surface area contributed by atoms with Gasteiger partial charge >= 0.3 is 0 Å². The van der Waals surface area contributed by atoms with Crippen LogP contribution in [0, 0.1) is 6.92 Å². The van der Waals surface area contributed by atoms with E-state index >= 15 is 0 Å². The lowest BCUT2D eigenvalue weighted by molar-refractivity contribution is -0.188. The van der Waals surface area contributed by atoms with Crippen LogP contribution in [-0.2, 0) is 16.1 Å². The number of oxazole rings is 1. The second kappa shape index (κ2) is 6.57. The van der Waals surface area contributed by atoms with Crippen LogP contribution in [0.4, 0.5) is 0 Å². The average molecular weight is 343 g/mol. The SMILES string of the molecule is Cc1cccc(CO[C@@H]2CCOC3(C2)CN(C(=O)c2cocn2)C3)n1. The molecule has 0 bridgehead atoms. The minimum absolute atomic E-state index is 0.116. The highest BCUT2D eigenvalue weighted by Crippen LogP contribution is 2.36. The summed E-state index contributed by atoms with van der Waals surface area (Å²) in [7, 11) is 0. The lowest BCUT2D eigenvalue weighted by atomic mass is 9.84. The summed E-state index contributed by atoms with van der Waals surface area (Å²) in [6.07, 6.45) is 4.42. The number of pyridine rings is 1. The summed E-state index contributed by atoms with van der Waals surface area (Å²) >= 11 is 0. The van der Waals surface area contributed by atoms with Crippen molar-refractivity contribution in [2.75, 3.05) is 19.7 Å². The van der Waals surface area contributed by atoms with Gasteiger partial charge < -0.3 is 18.8 Å². The van der Waals surface area contributed by atoms with Gasteiger partial charge in [0.25, 0.3) is 5.91 Å². The van der Waals surface area contributed by atoms with Crippen LogP contribution in [0.15, 0.2) is 35.3 Å². The quantitative estimate of drug-likeness (QED) is 0.845. The van der Waals surface area contributed by atoms with Gasteiger partial charge in [-0.3, -0.25) is 9.78 Å². The molecule has 0 aliphatic carbocycles. The third-order valence-corrected chi connectivity index (χ3v) is 4.76. The first-order valence-corrected chi connectivity index (χ1v) is 8.49. The predicted molar refractivity (Wildman–Crippen MR) is 87.9 cm³/mol. The van der Waals surface area contributed by atoms with E-state index in [0.717, 1.165) is 24.2 Å². The monoisotopic (exact) mass is 343 g/mol. The molecule has 0 unspecified atom stereocenters. The zero-order valence-electron chi connectivity index (χ0n) is 14.2. The van der Waals surface area contributed by atoms with Crippen LogP contribution in [0.1, 0.15) is 34.7 Å². The Morgan fingerprint density at radius 3 is 3.08 bits per heavy atom. The van der Waals surface area contributed by atoms with Crippen molar-refractivity contribution < 1.29 is 18.7 Å². The average Bonchev–Trinajstić information content (AvgIpc) is 3.12. The second-order valence-corrected chi connectivity index (χ2v) is 6.76. The van der Waals surface area contributed by atoms with Crippen LogP contribution in [0.25, 0.3) is 0 Å². The zero-order chi connectivity index (χ0) is 17.3.